The Balaban J connectivity index is 1.35. The number of aryl methyl sites for hydroxylation is 1. The van der Waals surface area contributed by atoms with Gasteiger partial charge in [-0.3, -0.25) is 14.4 Å². The van der Waals surface area contributed by atoms with E-state index >= 15 is 0 Å². The van der Waals surface area contributed by atoms with Crippen LogP contribution in [0.25, 0.3) is 76.8 Å². The third-order valence-electron chi connectivity index (χ3n) is 8.88. The molecule has 1 N–H and O–H groups in total. The Morgan fingerprint density at radius 2 is 1.09 bits per heavy atom. The average Bonchev–Trinajstić information content (AvgIpc) is 3.46. The third kappa shape index (κ3) is 3.38. The molecule has 3 heterocycles. The van der Waals surface area contributed by atoms with Crippen LogP contribution < -0.4 is 5.49 Å². The van der Waals surface area contributed by atoms with E-state index in [0.29, 0.717) is 5.49 Å². The summed E-state index contributed by atoms with van der Waals surface area (Å²) in [7, 11) is 0. The number of nitrogens with one attached hydrogen (secondary N) is 1. The first-order valence-electron chi connectivity index (χ1n) is 14.6. The van der Waals surface area contributed by atoms with Gasteiger partial charge < -0.3 is 0 Å². The summed E-state index contributed by atoms with van der Waals surface area (Å²) in [6.45, 7) is 2.11. The van der Waals surface area contributed by atoms with Gasteiger partial charge >= 0.3 is 0 Å². The molecule has 4 nitrogen and oxygen atoms in total. The largest absolute Gasteiger partial charge is 0.294 e. The van der Waals surface area contributed by atoms with Crippen molar-refractivity contribution < 1.29 is 0 Å². The molecule has 3 aromatic heterocycles. The maximum absolute atomic E-state index is 9.46. The number of imidazole rings is 1. The number of rotatable bonds is 2. The number of fused-ring (bicyclic) bond motifs is 11. The molecule has 0 unspecified atom stereocenters. The van der Waals surface area contributed by atoms with Crippen LogP contribution in [0.3, 0.4) is 0 Å². The van der Waals surface area contributed by atoms with Crippen molar-refractivity contribution >= 4 is 60.0 Å². The van der Waals surface area contributed by atoms with Gasteiger partial charge in [-0.05, 0) is 76.9 Å². The van der Waals surface area contributed by atoms with Crippen molar-refractivity contribution in [2.45, 2.75) is 6.92 Å². The predicted molar refractivity (Wildman–Crippen MR) is 178 cm³/mol. The van der Waals surface area contributed by atoms with Gasteiger partial charge in [0.1, 0.15) is 11.1 Å². The molecule has 0 radical (unpaired) electrons. The van der Waals surface area contributed by atoms with Crippen molar-refractivity contribution in [2.24, 2.45) is 0 Å². The van der Waals surface area contributed by atoms with Crippen molar-refractivity contribution in [1.82, 2.24) is 14.0 Å². The maximum atomic E-state index is 9.46. The smallest absolute Gasteiger partial charge is 0.146 e. The number of aromatic nitrogens is 3. The highest BCUT2D eigenvalue weighted by Gasteiger charge is 2.16. The summed E-state index contributed by atoms with van der Waals surface area (Å²) in [5.41, 5.74) is 10.1. The molecule has 6 aromatic carbocycles. The van der Waals surface area contributed by atoms with Gasteiger partial charge in [0.15, 0.2) is 0 Å². The quantitative estimate of drug-likeness (QED) is 0.214. The van der Waals surface area contributed by atoms with Gasteiger partial charge in [-0.2, -0.15) is 0 Å². The molecule has 0 bridgehead atoms. The minimum atomic E-state index is 0.485. The monoisotopic (exact) mass is 550 g/mol. The van der Waals surface area contributed by atoms with E-state index in [-0.39, 0.29) is 0 Å². The second-order valence-corrected chi connectivity index (χ2v) is 11.3. The van der Waals surface area contributed by atoms with Crippen molar-refractivity contribution in [3.63, 3.8) is 0 Å². The molecule has 0 aliphatic heterocycles. The Morgan fingerprint density at radius 1 is 0.512 bits per heavy atom. The van der Waals surface area contributed by atoms with Gasteiger partial charge in [-0.15, -0.1) is 0 Å². The van der Waals surface area contributed by atoms with Crippen LogP contribution in [0.15, 0.2) is 133 Å². The highest BCUT2D eigenvalue weighted by atomic mass is 15.0. The molecule has 202 valence electrons. The van der Waals surface area contributed by atoms with Crippen LogP contribution in [0.1, 0.15) is 5.56 Å². The van der Waals surface area contributed by atoms with Crippen molar-refractivity contribution in [3.8, 4) is 16.8 Å². The number of hydrogen-bond donors (Lipinski definition) is 1. The first kappa shape index (κ1) is 23.9. The fraction of sp³-hybridized carbons (Fsp3) is 0.0256. The van der Waals surface area contributed by atoms with Crippen LogP contribution in [-0.4, -0.2) is 14.0 Å². The zero-order valence-corrected chi connectivity index (χ0v) is 23.5. The summed E-state index contributed by atoms with van der Waals surface area (Å²) in [5.74, 6) is 0. The fourth-order valence-corrected chi connectivity index (χ4v) is 6.85. The van der Waals surface area contributed by atoms with E-state index in [4.69, 9.17) is 4.98 Å². The third-order valence-corrected chi connectivity index (χ3v) is 8.88. The molecule has 0 atom stereocenters. The zero-order chi connectivity index (χ0) is 28.7. The summed E-state index contributed by atoms with van der Waals surface area (Å²) < 4.78 is 4.37. The van der Waals surface area contributed by atoms with E-state index in [9.17, 15) is 5.41 Å². The first-order chi connectivity index (χ1) is 21.2. The van der Waals surface area contributed by atoms with E-state index < -0.39 is 0 Å². The lowest BCUT2D eigenvalue weighted by molar-refractivity contribution is 0.975. The van der Waals surface area contributed by atoms with E-state index in [0.717, 1.165) is 71.6 Å². The van der Waals surface area contributed by atoms with Gasteiger partial charge in [-0.25, -0.2) is 4.98 Å². The van der Waals surface area contributed by atoms with Gasteiger partial charge in [0.2, 0.25) is 0 Å². The maximum Gasteiger partial charge on any atom is 0.146 e. The number of benzene rings is 6. The SMILES string of the molecule is Cc1ccccc1-n1c(=N)c2cc(-c3ccc4c5ccccc5n5c6ccccc6nc5c4c3)ccc2c2ccccc21. The van der Waals surface area contributed by atoms with Gasteiger partial charge in [0.05, 0.1) is 27.8 Å². The summed E-state index contributed by atoms with van der Waals surface area (Å²) >= 11 is 0. The molecule has 0 aliphatic carbocycles. The first-order valence-corrected chi connectivity index (χ1v) is 14.6. The van der Waals surface area contributed by atoms with Crippen LogP contribution in [-0.2, 0) is 0 Å². The van der Waals surface area contributed by atoms with E-state index in [1.54, 1.807) is 0 Å². The normalized spacial score (nSPS) is 11.9. The Labute approximate surface area is 247 Å². The van der Waals surface area contributed by atoms with Crippen molar-refractivity contribution in [3.05, 3.63) is 145 Å². The summed E-state index contributed by atoms with van der Waals surface area (Å²) in [6, 6.07) is 46.9. The van der Waals surface area contributed by atoms with Gasteiger partial charge in [0.25, 0.3) is 0 Å². The highest BCUT2D eigenvalue weighted by molar-refractivity contribution is 6.15. The van der Waals surface area contributed by atoms with Crippen molar-refractivity contribution in [2.75, 3.05) is 0 Å². The minimum Gasteiger partial charge on any atom is -0.294 e. The summed E-state index contributed by atoms with van der Waals surface area (Å²) in [6.07, 6.45) is 0. The lowest BCUT2D eigenvalue weighted by Gasteiger charge is -2.17. The number of pyridine rings is 2. The number of hydrogen-bond acceptors (Lipinski definition) is 2. The summed E-state index contributed by atoms with van der Waals surface area (Å²) in [4.78, 5) is 5.11. The van der Waals surface area contributed by atoms with Crippen LogP contribution in [0, 0.1) is 12.3 Å². The molecule has 0 saturated carbocycles. The molecule has 9 aromatic rings. The topological polar surface area (TPSA) is 46.1 Å². The standard InChI is InChI=1S/C39H26N4/c1-24-10-2-6-14-34(24)42-35-15-7-3-11-29(35)27-20-18-25(22-31(27)38(42)40)26-19-21-28-30-12-4-8-16-36(30)43-37-17-9-5-13-33(37)41-39(43)32(28)23-26/h2-23,40H,1H3. The van der Waals surface area contributed by atoms with Gasteiger partial charge in [0, 0.05) is 21.5 Å². The number of nitrogens with zero attached hydrogens (tertiary/aromatic N) is 3. The van der Waals surface area contributed by atoms with Crippen LogP contribution in [0.4, 0.5) is 0 Å². The molecule has 43 heavy (non-hydrogen) atoms. The Hall–Kier alpha value is -5.74. The van der Waals surface area contributed by atoms with Crippen LogP contribution in [0.2, 0.25) is 0 Å². The molecule has 0 spiro atoms. The molecule has 9 rings (SSSR count). The van der Waals surface area contributed by atoms with Crippen LogP contribution in [0.5, 0.6) is 0 Å². The molecule has 0 amide bonds. The minimum absolute atomic E-state index is 0.485. The predicted octanol–water partition coefficient (Wildman–Crippen LogP) is 9.35. The Kier molecular flexibility index (Phi) is 4.94. The average molecular weight is 551 g/mol. The van der Waals surface area contributed by atoms with E-state index in [1.165, 1.54) is 10.8 Å². The lowest BCUT2D eigenvalue weighted by atomic mass is 9.96. The second-order valence-electron chi connectivity index (χ2n) is 11.3. The highest BCUT2D eigenvalue weighted by Crippen LogP contribution is 2.36. The van der Waals surface area contributed by atoms with Gasteiger partial charge in [-0.1, -0.05) is 91.0 Å². The summed E-state index contributed by atoms with van der Waals surface area (Å²) in [5, 5.41) is 16.1. The van der Waals surface area contributed by atoms with Crippen LogP contribution >= 0.6 is 0 Å². The molecular weight excluding hydrogens is 524 g/mol. The van der Waals surface area contributed by atoms with E-state index in [2.05, 4.69) is 131 Å². The number of para-hydroxylation sites is 5. The lowest BCUT2D eigenvalue weighted by Crippen LogP contribution is -2.20. The molecular formula is C39H26N4. The van der Waals surface area contributed by atoms with Crippen molar-refractivity contribution in [1.29, 1.82) is 5.41 Å². The molecule has 0 aliphatic rings. The van der Waals surface area contributed by atoms with E-state index in [1.807, 2.05) is 18.2 Å². The zero-order valence-electron chi connectivity index (χ0n) is 23.5. The Morgan fingerprint density at radius 3 is 1.86 bits per heavy atom. The molecule has 4 heteroatoms. The Bertz CT molecular complexity index is 2660. The molecule has 0 saturated heterocycles. The second kappa shape index (κ2) is 8.88. The molecule has 0 fully saturated rings. The fourth-order valence-electron chi connectivity index (χ4n) is 6.85.